The van der Waals surface area contributed by atoms with Crippen LogP contribution in [0.4, 0.5) is 0 Å². The maximum Gasteiger partial charge on any atom is 0.224 e. The third kappa shape index (κ3) is 4.02. The van der Waals surface area contributed by atoms with Gasteiger partial charge in [-0.25, -0.2) is 0 Å². The van der Waals surface area contributed by atoms with E-state index < -0.39 is 5.54 Å². The van der Waals surface area contributed by atoms with E-state index in [1.807, 2.05) is 27.1 Å². The number of nitrogens with zero attached hydrogens (tertiary/aromatic N) is 3. The van der Waals surface area contributed by atoms with Crippen LogP contribution in [-0.2, 0) is 18.4 Å². The van der Waals surface area contributed by atoms with Gasteiger partial charge >= 0.3 is 0 Å². The van der Waals surface area contributed by atoms with Crippen LogP contribution in [0.2, 0.25) is 0 Å². The molecule has 0 aliphatic heterocycles. The summed E-state index contributed by atoms with van der Waals surface area (Å²) in [4.78, 5) is 13.5. The molecule has 0 atom stereocenters. The molecule has 5 heteroatoms. The number of amides is 1. The normalized spacial score (nSPS) is 11.6. The highest BCUT2D eigenvalue weighted by molar-refractivity contribution is 5.77. The molecule has 2 N–H and O–H groups in total. The fraction of sp³-hybridized carbons (Fsp3) is 0.636. The minimum Gasteiger partial charge on any atom is -0.341 e. The molecule has 1 aromatic heterocycles. The van der Waals surface area contributed by atoms with Crippen LogP contribution in [0.1, 0.15) is 25.8 Å². The van der Waals surface area contributed by atoms with Crippen molar-refractivity contribution in [2.75, 3.05) is 7.05 Å². The number of hydrogen-bond donors (Lipinski definition) is 1. The molecule has 0 aliphatic rings. The van der Waals surface area contributed by atoms with E-state index in [2.05, 4.69) is 5.10 Å². The van der Waals surface area contributed by atoms with Crippen molar-refractivity contribution >= 4 is 5.91 Å². The summed E-state index contributed by atoms with van der Waals surface area (Å²) >= 11 is 0. The minimum atomic E-state index is -0.458. The zero-order chi connectivity index (χ0) is 12.3. The van der Waals surface area contributed by atoms with Crippen LogP contribution in [-0.4, -0.2) is 33.2 Å². The molecule has 0 unspecified atom stereocenters. The Hall–Kier alpha value is -1.36. The first-order valence-electron chi connectivity index (χ1n) is 5.28. The average molecular weight is 224 g/mol. The summed E-state index contributed by atoms with van der Waals surface area (Å²) in [6.07, 6.45) is 4.01. The number of carbonyl (C=O) groups excluding carboxylic acids is 1. The second kappa shape index (κ2) is 4.65. The Kier molecular flexibility index (Phi) is 3.70. The fourth-order valence-electron chi connectivity index (χ4n) is 1.44. The zero-order valence-electron chi connectivity index (χ0n) is 10.4. The number of aromatic nitrogens is 2. The first-order valence-corrected chi connectivity index (χ1v) is 5.28. The van der Waals surface area contributed by atoms with Gasteiger partial charge in [-0.05, 0) is 13.8 Å². The van der Waals surface area contributed by atoms with Crippen LogP contribution < -0.4 is 5.73 Å². The molecule has 90 valence electrons. The van der Waals surface area contributed by atoms with Crippen LogP contribution in [0.3, 0.4) is 0 Å². The van der Waals surface area contributed by atoms with Crippen LogP contribution in [0.15, 0.2) is 12.4 Å². The lowest BCUT2D eigenvalue weighted by Crippen LogP contribution is -2.39. The van der Waals surface area contributed by atoms with E-state index in [0.717, 1.165) is 5.56 Å². The Morgan fingerprint density at radius 3 is 2.69 bits per heavy atom. The lowest BCUT2D eigenvalue weighted by molar-refractivity contribution is -0.131. The molecule has 16 heavy (non-hydrogen) atoms. The monoisotopic (exact) mass is 224 g/mol. The summed E-state index contributed by atoms with van der Waals surface area (Å²) in [6, 6.07) is 0. The van der Waals surface area contributed by atoms with Gasteiger partial charge in [0.1, 0.15) is 0 Å². The molecular formula is C11H20N4O. The van der Waals surface area contributed by atoms with E-state index in [4.69, 9.17) is 5.73 Å². The van der Waals surface area contributed by atoms with Gasteiger partial charge in [-0.1, -0.05) is 0 Å². The zero-order valence-corrected chi connectivity index (χ0v) is 10.4. The van der Waals surface area contributed by atoms with Crippen molar-refractivity contribution in [3.05, 3.63) is 18.0 Å². The molecule has 0 aliphatic carbocycles. The van der Waals surface area contributed by atoms with Gasteiger partial charge in [-0.3, -0.25) is 9.48 Å². The van der Waals surface area contributed by atoms with Gasteiger partial charge in [-0.2, -0.15) is 5.10 Å². The summed E-state index contributed by atoms with van der Waals surface area (Å²) < 4.78 is 1.72. The Morgan fingerprint density at radius 1 is 1.62 bits per heavy atom. The van der Waals surface area contributed by atoms with Crippen LogP contribution in [0.25, 0.3) is 0 Å². The van der Waals surface area contributed by atoms with Gasteiger partial charge in [0.05, 0.1) is 6.20 Å². The predicted octanol–water partition coefficient (Wildman–Crippen LogP) is 0.506. The van der Waals surface area contributed by atoms with Crippen molar-refractivity contribution in [2.24, 2.45) is 12.8 Å². The summed E-state index contributed by atoms with van der Waals surface area (Å²) in [5.41, 5.74) is 6.37. The van der Waals surface area contributed by atoms with E-state index in [1.54, 1.807) is 22.8 Å². The second-order valence-corrected chi connectivity index (χ2v) is 4.94. The summed E-state index contributed by atoms with van der Waals surface area (Å²) in [7, 11) is 3.63. The van der Waals surface area contributed by atoms with Crippen molar-refractivity contribution in [1.82, 2.24) is 14.7 Å². The number of rotatable bonds is 4. The van der Waals surface area contributed by atoms with E-state index in [-0.39, 0.29) is 5.91 Å². The van der Waals surface area contributed by atoms with Crippen molar-refractivity contribution in [3.8, 4) is 0 Å². The SMILES string of the molecule is CN(Cc1cnn(C)c1)C(=O)CC(C)(C)N. The maximum atomic E-state index is 11.8. The third-order valence-corrected chi connectivity index (χ3v) is 2.21. The molecule has 0 bridgehead atoms. The minimum absolute atomic E-state index is 0.0522. The Labute approximate surface area is 96.2 Å². The number of aryl methyl sites for hydroxylation is 1. The third-order valence-electron chi connectivity index (χ3n) is 2.21. The lowest BCUT2D eigenvalue weighted by Gasteiger charge is -2.22. The standard InChI is InChI=1S/C11H20N4O/c1-11(2,12)5-10(16)14(3)7-9-6-13-15(4)8-9/h6,8H,5,7,12H2,1-4H3. The van der Waals surface area contributed by atoms with Gasteiger partial charge in [0, 0.05) is 44.4 Å². The van der Waals surface area contributed by atoms with E-state index in [0.29, 0.717) is 13.0 Å². The molecule has 1 aromatic rings. The van der Waals surface area contributed by atoms with Crippen molar-refractivity contribution < 1.29 is 4.79 Å². The molecule has 1 heterocycles. The predicted molar refractivity (Wildman–Crippen MR) is 62.6 cm³/mol. The fourth-order valence-corrected chi connectivity index (χ4v) is 1.44. The molecular weight excluding hydrogens is 204 g/mol. The first-order chi connectivity index (χ1) is 7.28. The summed E-state index contributed by atoms with van der Waals surface area (Å²) in [6.45, 7) is 4.27. The number of carbonyl (C=O) groups is 1. The van der Waals surface area contributed by atoms with Crippen LogP contribution >= 0.6 is 0 Å². The smallest absolute Gasteiger partial charge is 0.224 e. The number of hydrogen-bond acceptors (Lipinski definition) is 3. The van der Waals surface area contributed by atoms with E-state index >= 15 is 0 Å². The summed E-state index contributed by atoms with van der Waals surface area (Å²) in [5, 5.41) is 4.06. The van der Waals surface area contributed by atoms with Gasteiger partial charge in [0.2, 0.25) is 5.91 Å². The van der Waals surface area contributed by atoms with Gasteiger partial charge in [0.15, 0.2) is 0 Å². The van der Waals surface area contributed by atoms with Crippen LogP contribution in [0, 0.1) is 0 Å². The first kappa shape index (κ1) is 12.7. The molecule has 0 fully saturated rings. The molecule has 1 rings (SSSR count). The van der Waals surface area contributed by atoms with Gasteiger partial charge in [0.25, 0.3) is 0 Å². The Balaban J connectivity index is 2.52. The van der Waals surface area contributed by atoms with Crippen molar-refractivity contribution in [1.29, 1.82) is 0 Å². The molecule has 0 saturated carbocycles. The molecule has 5 nitrogen and oxygen atoms in total. The Morgan fingerprint density at radius 2 is 2.25 bits per heavy atom. The number of nitrogens with two attached hydrogens (primary N) is 1. The highest BCUT2D eigenvalue weighted by Crippen LogP contribution is 2.08. The van der Waals surface area contributed by atoms with Crippen molar-refractivity contribution in [2.45, 2.75) is 32.4 Å². The van der Waals surface area contributed by atoms with E-state index in [9.17, 15) is 4.79 Å². The van der Waals surface area contributed by atoms with Crippen LogP contribution in [0.5, 0.6) is 0 Å². The largest absolute Gasteiger partial charge is 0.341 e. The average Bonchev–Trinajstić information content (AvgIpc) is 2.48. The highest BCUT2D eigenvalue weighted by atomic mass is 16.2. The molecule has 0 aromatic carbocycles. The molecule has 1 amide bonds. The lowest BCUT2D eigenvalue weighted by atomic mass is 10.0. The van der Waals surface area contributed by atoms with E-state index in [1.165, 1.54) is 0 Å². The molecule has 0 spiro atoms. The topological polar surface area (TPSA) is 64.2 Å². The highest BCUT2D eigenvalue weighted by Gasteiger charge is 2.19. The van der Waals surface area contributed by atoms with Gasteiger partial charge in [-0.15, -0.1) is 0 Å². The quantitative estimate of drug-likeness (QED) is 0.810. The summed E-state index contributed by atoms with van der Waals surface area (Å²) in [5.74, 6) is 0.0522. The Bertz CT molecular complexity index is 364. The van der Waals surface area contributed by atoms with Gasteiger partial charge < -0.3 is 10.6 Å². The maximum absolute atomic E-state index is 11.8. The molecule has 0 saturated heterocycles. The molecule has 0 radical (unpaired) electrons. The van der Waals surface area contributed by atoms with Crippen molar-refractivity contribution in [3.63, 3.8) is 0 Å². The second-order valence-electron chi connectivity index (χ2n) is 4.94.